The molecule has 1 aliphatic carbocycles. The molecule has 142 valence electrons. The first-order valence-electron chi connectivity index (χ1n) is 8.59. The second kappa shape index (κ2) is 7.34. The summed E-state index contributed by atoms with van der Waals surface area (Å²) in [5.41, 5.74) is -0.992. The third kappa shape index (κ3) is 3.60. The number of nitrogens with zero attached hydrogens (tertiary/aromatic N) is 1. The van der Waals surface area contributed by atoms with Crippen molar-refractivity contribution < 1.29 is 27.9 Å². The van der Waals surface area contributed by atoms with E-state index >= 15 is 0 Å². The predicted molar refractivity (Wildman–Crippen MR) is 92.3 cm³/mol. The minimum Gasteiger partial charge on any atom is -0.480 e. The van der Waals surface area contributed by atoms with Gasteiger partial charge in [0.1, 0.15) is 5.54 Å². The van der Waals surface area contributed by atoms with Crippen LogP contribution in [0.2, 0.25) is 0 Å². The van der Waals surface area contributed by atoms with Gasteiger partial charge in [-0.25, -0.2) is 13.2 Å². The van der Waals surface area contributed by atoms with Crippen molar-refractivity contribution in [1.29, 1.82) is 0 Å². The lowest BCUT2D eigenvalue weighted by atomic mass is 9.97. The highest BCUT2D eigenvalue weighted by Gasteiger charge is 2.42. The van der Waals surface area contributed by atoms with Gasteiger partial charge in [0.15, 0.2) is 0 Å². The van der Waals surface area contributed by atoms with Crippen molar-refractivity contribution in [3.05, 3.63) is 29.8 Å². The van der Waals surface area contributed by atoms with Gasteiger partial charge in [0.25, 0.3) is 5.91 Å². The fourth-order valence-electron chi connectivity index (χ4n) is 3.37. The number of carboxylic acids is 1. The van der Waals surface area contributed by atoms with Crippen molar-refractivity contribution in [3.8, 4) is 0 Å². The highest BCUT2D eigenvalue weighted by atomic mass is 32.2. The Hall–Kier alpha value is -1.97. The molecule has 1 saturated heterocycles. The molecule has 26 heavy (non-hydrogen) atoms. The Morgan fingerprint density at radius 3 is 2.19 bits per heavy atom. The van der Waals surface area contributed by atoms with Crippen LogP contribution in [0.3, 0.4) is 0 Å². The zero-order chi connectivity index (χ0) is 18.8. The summed E-state index contributed by atoms with van der Waals surface area (Å²) in [6.45, 7) is 1.31. The van der Waals surface area contributed by atoms with Crippen LogP contribution < -0.4 is 5.32 Å². The van der Waals surface area contributed by atoms with E-state index < -0.39 is 27.4 Å². The van der Waals surface area contributed by atoms with Gasteiger partial charge < -0.3 is 15.2 Å². The number of hydrogen-bond acceptors (Lipinski definition) is 5. The lowest BCUT2D eigenvalue weighted by Crippen LogP contribution is -2.52. The molecule has 1 amide bonds. The van der Waals surface area contributed by atoms with Crippen molar-refractivity contribution in [2.45, 2.75) is 36.1 Å². The number of hydrogen-bond donors (Lipinski definition) is 2. The Morgan fingerprint density at radius 1 is 1.08 bits per heavy atom. The molecule has 9 heteroatoms. The van der Waals surface area contributed by atoms with E-state index in [4.69, 9.17) is 4.74 Å². The summed E-state index contributed by atoms with van der Waals surface area (Å²) in [7, 11) is -3.62. The largest absolute Gasteiger partial charge is 0.480 e. The van der Waals surface area contributed by atoms with Gasteiger partial charge in [-0.1, -0.05) is 12.8 Å². The van der Waals surface area contributed by atoms with E-state index in [0.717, 1.165) is 12.8 Å². The standard InChI is InChI=1S/C17H22N2O6S/c20-15(18-17(16(21)22)7-1-2-8-17)13-3-5-14(6-4-13)26(23,24)19-9-11-25-12-10-19/h3-6H,1-2,7-12H2,(H,18,20)(H,21,22). The molecular weight excluding hydrogens is 360 g/mol. The van der Waals surface area contributed by atoms with Crippen molar-refractivity contribution in [1.82, 2.24) is 9.62 Å². The second-order valence-corrected chi connectivity index (χ2v) is 8.53. The van der Waals surface area contributed by atoms with Gasteiger partial charge >= 0.3 is 5.97 Å². The molecule has 2 fully saturated rings. The normalized spacial score (nSPS) is 20.6. The number of amides is 1. The molecule has 2 aliphatic rings. The number of sulfonamides is 1. The minimum atomic E-state index is -3.62. The molecule has 0 atom stereocenters. The second-order valence-electron chi connectivity index (χ2n) is 6.59. The molecule has 0 unspecified atom stereocenters. The molecule has 1 aliphatic heterocycles. The maximum absolute atomic E-state index is 12.6. The first kappa shape index (κ1) is 18.8. The molecule has 3 rings (SSSR count). The number of ether oxygens (including phenoxy) is 1. The first-order valence-corrected chi connectivity index (χ1v) is 10.0. The number of nitrogens with one attached hydrogen (secondary N) is 1. The van der Waals surface area contributed by atoms with E-state index in [-0.39, 0.29) is 10.5 Å². The van der Waals surface area contributed by atoms with E-state index in [2.05, 4.69) is 5.32 Å². The highest BCUT2D eigenvalue weighted by molar-refractivity contribution is 7.89. The Balaban J connectivity index is 1.74. The summed E-state index contributed by atoms with van der Waals surface area (Å²) >= 11 is 0. The van der Waals surface area contributed by atoms with Crippen LogP contribution in [-0.2, 0) is 19.6 Å². The number of aliphatic carboxylic acids is 1. The smallest absolute Gasteiger partial charge is 0.329 e. The molecule has 1 aromatic rings. The fourth-order valence-corrected chi connectivity index (χ4v) is 4.78. The lowest BCUT2D eigenvalue weighted by Gasteiger charge is -2.26. The number of carbonyl (C=O) groups excluding carboxylic acids is 1. The molecule has 0 radical (unpaired) electrons. The van der Waals surface area contributed by atoms with Crippen LogP contribution in [0.5, 0.6) is 0 Å². The van der Waals surface area contributed by atoms with Gasteiger partial charge in [0, 0.05) is 18.7 Å². The van der Waals surface area contributed by atoms with Crippen molar-refractivity contribution in [2.24, 2.45) is 0 Å². The predicted octanol–water partition coefficient (Wildman–Crippen LogP) is 0.835. The monoisotopic (exact) mass is 382 g/mol. The van der Waals surface area contributed by atoms with Crippen LogP contribution in [0.1, 0.15) is 36.0 Å². The summed E-state index contributed by atoms with van der Waals surface area (Å²) in [6, 6.07) is 5.57. The van der Waals surface area contributed by atoms with Gasteiger partial charge in [-0.3, -0.25) is 4.79 Å². The van der Waals surface area contributed by atoms with Crippen molar-refractivity contribution >= 4 is 21.9 Å². The molecule has 8 nitrogen and oxygen atoms in total. The quantitative estimate of drug-likeness (QED) is 0.780. The van der Waals surface area contributed by atoms with Gasteiger partial charge in [0.2, 0.25) is 10.0 Å². The van der Waals surface area contributed by atoms with Crippen molar-refractivity contribution in [2.75, 3.05) is 26.3 Å². The Labute approximate surface area is 152 Å². The Bertz CT molecular complexity index is 778. The lowest BCUT2D eigenvalue weighted by molar-refractivity contribution is -0.144. The average Bonchev–Trinajstić information content (AvgIpc) is 3.12. The van der Waals surface area contributed by atoms with Crippen LogP contribution in [0.4, 0.5) is 0 Å². The molecule has 1 saturated carbocycles. The molecule has 1 heterocycles. The van der Waals surface area contributed by atoms with Gasteiger partial charge in [-0.15, -0.1) is 0 Å². The maximum Gasteiger partial charge on any atom is 0.329 e. The van der Waals surface area contributed by atoms with Crippen molar-refractivity contribution in [3.63, 3.8) is 0 Å². The van der Waals surface area contributed by atoms with Crippen LogP contribution in [0.15, 0.2) is 29.2 Å². The van der Waals surface area contributed by atoms with E-state index in [9.17, 15) is 23.1 Å². The summed E-state index contributed by atoms with van der Waals surface area (Å²) in [6.07, 6.45) is 2.31. The number of benzene rings is 1. The maximum atomic E-state index is 12.6. The molecule has 0 aromatic heterocycles. The van der Waals surface area contributed by atoms with Gasteiger partial charge in [-0.05, 0) is 37.1 Å². The van der Waals surface area contributed by atoms with Gasteiger partial charge in [-0.2, -0.15) is 4.31 Å². The van der Waals surface area contributed by atoms with E-state index in [1.807, 2.05) is 0 Å². The topological polar surface area (TPSA) is 113 Å². The number of rotatable bonds is 5. The van der Waals surface area contributed by atoms with Crippen LogP contribution >= 0.6 is 0 Å². The van der Waals surface area contributed by atoms with E-state index in [1.165, 1.54) is 28.6 Å². The third-order valence-corrected chi connectivity index (χ3v) is 6.86. The molecule has 0 bridgehead atoms. The number of morpholine rings is 1. The Morgan fingerprint density at radius 2 is 1.65 bits per heavy atom. The average molecular weight is 382 g/mol. The number of carboxylic acid groups (broad SMARTS) is 1. The van der Waals surface area contributed by atoms with Crippen LogP contribution in [0.25, 0.3) is 0 Å². The first-order chi connectivity index (χ1) is 12.3. The summed E-state index contributed by atoms with van der Waals surface area (Å²) in [5.74, 6) is -1.54. The van der Waals surface area contributed by atoms with E-state index in [0.29, 0.717) is 39.1 Å². The molecule has 0 spiro atoms. The van der Waals surface area contributed by atoms with Crippen LogP contribution in [0, 0.1) is 0 Å². The SMILES string of the molecule is O=C(NC1(C(=O)O)CCCC1)c1ccc(S(=O)(=O)N2CCOCC2)cc1. The summed E-state index contributed by atoms with van der Waals surface area (Å²) in [5, 5.41) is 12.1. The van der Waals surface area contributed by atoms with E-state index in [1.54, 1.807) is 0 Å². The third-order valence-electron chi connectivity index (χ3n) is 4.94. The number of carbonyl (C=O) groups is 2. The van der Waals surface area contributed by atoms with Gasteiger partial charge in [0.05, 0.1) is 18.1 Å². The zero-order valence-corrected chi connectivity index (χ0v) is 15.1. The summed E-state index contributed by atoms with van der Waals surface area (Å²) < 4.78 is 31.7. The molecule has 2 N–H and O–H groups in total. The summed E-state index contributed by atoms with van der Waals surface area (Å²) in [4.78, 5) is 24.1. The van der Waals surface area contributed by atoms with Crippen LogP contribution in [-0.4, -0.2) is 61.5 Å². The fraction of sp³-hybridized carbons (Fsp3) is 0.529. The Kier molecular flexibility index (Phi) is 5.31. The zero-order valence-electron chi connectivity index (χ0n) is 14.3. The minimum absolute atomic E-state index is 0.102. The molecular formula is C17H22N2O6S. The molecule has 1 aromatic carbocycles. The highest BCUT2D eigenvalue weighted by Crippen LogP contribution is 2.30.